The number of carbonyl (C=O) groups is 4. The lowest BCUT2D eigenvalue weighted by Gasteiger charge is -2.03. The zero-order chi connectivity index (χ0) is 20.7. The number of benzene rings is 2. The maximum atomic E-state index is 11.1. The average molecular weight is 370 g/mol. The second-order valence-electron chi connectivity index (χ2n) is 6.07. The summed E-state index contributed by atoms with van der Waals surface area (Å²) in [6, 6.07) is 8.89. The number of carbonyl (C=O) groups excluding carboxylic acids is 4. The van der Waals surface area contributed by atoms with Crippen LogP contribution in [0.5, 0.6) is 5.75 Å². The van der Waals surface area contributed by atoms with Crippen molar-refractivity contribution in [3.05, 3.63) is 64.2 Å². The minimum Gasteiger partial charge on any atom is -0.508 e. The predicted octanol–water partition coefficient (Wildman–Crippen LogP) is 3.38. The van der Waals surface area contributed by atoms with Crippen molar-refractivity contribution < 1.29 is 29.4 Å². The van der Waals surface area contributed by atoms with Crippen molar-refractivity contribution in [2.24, 2.45) is 0 Å². The highest BCUT2D eigenvalue weighted by Gasteiger charge is 2.07. The van der Waals surface area contributed by atoms with Gasteiger partial charge in [0.25, 0.3) is 0 Å². The zero-order valence-electron chi connectivity index (χ0n) is 15.7. The molecule has 0 aliphatic rings. The van der Waals surface area contributed by atoms with Gasteiger partial charge in [0.1, 0.15) is 5.75 Å². The molecule has 0 saturated heterocycles. The van der Waals surface area contributed by atoms with Gasteiger partial charge in [-0.05, 0) is 69.7 Å². The van der Waals surface area contributed by atoms with E-state index in [1.54, 1.807) is 18.2 Å². The van der Waals surface area contributed by atoms with Gasteiger partial charge in [-0.1, -0.05) is 0 Å². The Hall–Kier alpha value is -3.12. The van der Waals surface area contributed by atoms with Crippen LogP contribution in [0.25, 0.3) is 0 Å². The van der Waals surface area contributed by atoms with E-state index in [9.17, 15) is 24.3 Å². The number of ketones is 4. The van der Waals surface area contributed by atoms with E-state index in [1.807, 2.05) is 0 Å². The third kappa shape index (κ3) is 6.60. The van der Waals surface area contributed by atoms with Crippen LogP contribution in [0.2, 0.25) is 0 Å². The van der Waals surface area contributed by atoms with Gasteiger partial charge in [-0.2, -0.15) is 0 Å². The van der Waals surface area contributed by atoms with Crippen LogP contribution in [0, 0.1) is 0 Å². The quantitative estimate of drug-likeness (QED) is 0.781. The lowest BCUT2D eigenvalue weighted by atomic mass is 10.0. The lowest BCUT2D eigenvalue weighted by Crippen LogP contribution is -2.00. The Morgan fingerprint density at radius 2 is 0.926 bits per heavy atom. The summed E-state index contributed by atoms with van der Waals surface area (Å²) >= 11 is 0. The molecule has 2 N–H and O–H groups in total. The molecule has 0 fully saturated rings. The normalized spacial score (nSPS) is 9.81. The first-order chi connectivity index (χ1) is 12.5. The Bertz CT molecular complexity index is 831. The minimum atomic E-state index is -0.168. The van der Waals surface area contributed by atoms with Gasteiger partial charge in [0.2, 0.25) is 0 Å². The number of aromatic hydroxyl groups is 1. The highest BCUT2D eigenvalue weighted by molar-refractivity contribution is 6.00. The molecule has 142 valence electrons. The van der Waals surface area contributed by atoms with E-state index in [-0.39, 0.29) is 35.5 Å². The Balaban J connectivity index is 0.000000271. The third-order valence-corrected chi connectivity index (χ3v) is 3.72. The van der Waals surface area contributed by atoms with Crippen LogP contribution in [0.1, 0.15) is 74.7 Å². The molecule has 6 heteroatoms. The number of hydrogen-bond donors (Lipinski definition) is 2. The molecule has 0 aliphatic heterocycles. The fraction of sp³-hybridized carbons (Fsp3) is 0.238. The van der Waals surface area contributed by atoms with Crippen molar-refractivity contribution in [1.29, 1.82) is 0 Å². The lowest BCUT2D eigenvalue weighted by molar-refractivity contribution is 0.0997. The van der Waals surface area contributed by atoms with Crippen molar-refractivity contribution in [2.45, 2.75) is 34.3 Å². The molecule has 0 saturated carbocycles. The number of aliphatic hydroxyl groups is 1. The maximum Gasteiger partial charge on any atom is 0.159 e. The summed E-state index contributed by atoms with van der Waals surface area (Å²) in [7, 11) is 0. The highest BCUT2D eigenvalue weighted by Crippen LogP contribution is 2.16. The van der Waals surface area contributed by atoms with E-state index in [0.717, 1.165) is 0 Å². The van der Waals surface area contributed by atoms with Gasteiger partial charge in [-0.3, -0.25) is 19.2 Å². The van der Waals surface area contributed by atoms with Gasteiger partial charge in [-0.25, -0.2) is 0 Å². The van der Waals surface area contributed by atoms with Crippen LogP contribution in [0.4, 0.5) is 0 Å². The molecule has 0 aliphatic carbocycles. The fourth-order valence-corrected chi connectivity index (χ4v) is 2.21. The second-order valence-corrected chi connectivity index (χ2v) is 6.07. The molecule has 2 aromatic rings. The van der Waals surface area contributed by atoms with Gasteiger partial charge in [0.05, 0.1) is 6.61 Å². The summed E-state index contributed by atoms with van der Waals surface area (Å²) < 4.78 is 0. The molecule has 27 heavy (non-hydrogen) atoms. The summed E-state index contributed by atoms with van der Waals surface area (Å²) in [6.07, 6.45) is 0. The van der Waals surface area contributed by atoms with Crippen LogP contribution in [-0.4, -0.2) is 33.3 Å². The molecule has 0 amide bonds. The van der Waals surface area contributed by atoms with Gasteiger partial charge in [0.15, 0.2) is 23.1 Å². The van der Waals surface area contributed by atoms with Gasteiger partial charge < -0.3 is 10.2 Å². The molecule has 0 radical (unpaired) electrons. The van der Waals surface area contributed by atoms with Crippen LogP contribution in [-0.2, 0) is 6.61 Å². The van der Waals surface area contributed by atoms with Crippen molar-refractivity contribution in [3.63, 3.8) is 0 Å². The second kappa shape index (κ2) is 9.54. The van der Waals surface area contributed by atoms with Crippen LogP contribution in [0.15, 0.2) is 36.4 Å². The minimum absolute atomic E-state index is 0.0575. The predicted molar refractivity (Wildman–Crippen MR) is 100 cm³/mol. The van der Waals surface area contributed by atoms with E-state index < -0.39 is 0 Å². The van der Waals surface area contributed by atoms with E-state index in [4.69, 9.17) is 5.11 Å². The first kappa shape index (κ1) is 21.9. The summed E-state index contributed by atoms with van der Waals surface area (Å²) in [5.74, 6) is -0.611. The Morgan fingerprint density at radius 3 is 1.19 bits per heavy atom. The number of rotatable bonds is 5. The van der Waals surface area contributed by atoms with Crippen molar-refractivity contribution in [2.75, 3.05) is 0 Å². The average Bonchev–Trinajstić information content (AvgIpc) is 2.61. The maximum absolute atomic E-state index is 11.1. The molecule has 2 rings (SSSR count). The highest BCUT2D eigenvalue weighted by atomic mass is 16.3. The van der Waals surface area contributed by atoms with E-state index in [1.165, 1.54) is 45.9 Å². The van der Waals surface area contributed by atoms with E-state index in [0.29, 0.717) is 27.8 Å². The summed E-state index contributed by atoms with van der Waals surface area (Å²) in [5.41, 5.74) is 2.21. The molecule has 0 bridgehead atoms. The molecular formula is C21H22O6. The Kier molecular flexibility index (Phi) is 7.75. The van der Waals surface area contributed by atoms with Crippen LogP contribution < -0.4 is 0 Å². The van der Waals surface area contributed by atoms with Crippen molar-refractivity contribution >= 4 is 23.1 Å². The molecule has 0 aromatic heterocycles. The van der Waals surface area contributed by atoms with Gasteiger partial charge in [-0.15, -0.1) is 0 Å². The van der Waals surface area contributed by atoms with Crippen LogP contribution in [0.3, 0.4) is 0 Å². The largest absolute Gasteiger partial charge is 0.508 e. The number of phenols is 1. The summed E-state index contributed by atoms with van der Waals surface area (Å²) in [5, 5.41) is 18.1. The summed E-state index contributed by atoms with van der Waals surface area (Å²) in [4.78, 5) is 44.1. The Morgan fingerprint density at radius 1 is 0.630 bits per heavy atom. The fourth-order valence-electron chi connectivity index (χ4n) is 2.21. The van der Waals surface area contributed by atoms with Gasteiger partial charge >= 0.3 is 0 Å². The topological polar surface area (TPSA) is 109 Å². The molecule has 0 heterocycles. The number of Topliss-reactive ketones (excluding diaryl/α,β-unsaturated/α-hetero) is 4. The molecule has 0 atom stereocenters. The molecule has 0 spiro atoms. The number of aliphatic hydroxyl groups excluding tert-OH is 1. The number of hydrogen-bond acceptors (Lipinski definition) is 6. The van der Waals surface area contributed by atoms with E-state index in [2.05, 4.69) is 0 Å². The molecule has 6 nitrogen and oxygen atoms in total. The third-order valence-electron chi connectivity index (χ3n) is 3.72. The van der Waals surface area contributed by atoms with Crippen molar-refractivity contribution in [1.82, 2.24) is 0 Å². The monoisotopic (exact) mass is 370 g/mol. The molecular weight excluding hydrogens is 348 g/mol. The zero-order valence-corrected chi connectivity index (χ0v) is 15.7. The molecule has 2 aromatic carbocycles. The van der Waals surface area contributed by atoms with Crippen LogP contribution >= 0.6 is 0 Å². The first-order valence-electron chi connectivity index (χ1n) is 8.17. The molecule has 0 unspecified atom stereocenters. The Labute approximate surface area is 157 Å². The SMILES string of the molecule is CC(=O)c1cc(CO)cc(C(C)=O)c1.CC(=O)c1cc(O)cc(C(C)=O)c1. The summed E-state index contributed by atoms with van der Waals surface area (Å²) in [6.45, 7) is 5.47. The first-order valence-corrected chi connectivity index (χ1v) is 8.17. The smallest absolute Gasteiger partial charge is 0.159 e. The standard InChI is InChI=1S/C11H12O3.C10H10O3/c1-7(13)10-3-9(6-12)4-11(5-10)8(2)14;1-6(11)8-3-9(7(2)12)5-10(13)4-8/h3-5,12H,6H2,1-2H3;3-5,13H,1-2H3. The number of phenolic OH excluding ortho intramolecular Hbond substituents is 1. The van der Waals surface area contributed by atoms with Gasteiger partial charge in [0, 0.05) is 22.3 Å². The van der Waals surface area contributed by atoms with Crippen molar-refractivity contribution in [3.8, 4) is 5.75 Å². The van der Waals surface area contributed by atoms with E-state index >= 15 is 0 Å².